The number of carbonyl (C=O) groups is 1. The lowest BCUT2D eigenvalue weighted by Gasteiger charge is -2.07. The Morgan fingerprint density at radius 3 is 2.73 bits per heavy atom. The highest BCUT2D eigenvalue weighted by atomic mass is 127. The largest absolute Gasteiger partial charge is 0.298 e. The second kappa shape index (κ2) is 5.34. The van der Waals surface area contributed by atoms with Crippen LogP contribution in [0.4, 0.5) is 0 Å². The van der Waals surface area contributed by atoms with Gasteiger partial charge in [0.2, 0.25) is 0 Å². The van der Waals surface area contributed by atoms with Crippen LogP contribution in [-0.2, 0) is 11.2 Å². The lowest BCUT2D eigenvalue weighted by Crippen LogP contribution is -2.16. The van der Waals surface area contributed by atoms with E-state index < -0.39 is 0 Å². The van der Waals surface area contributed by atoms with Gasteiger partial charge in [0.15, 0.2) is 0 Å². The molecule has 1 aromatic rings. The fourth-order valence-electron chi connectivity index (χ4n) is 1.75. The average Bonchev–Trinajstić information content (AvgIpc) is 2.74. The molecule has 1 unspecified atom stereocenters. The highest BCUT2D eigenvalue weighted by Gasteiger charge is 2.22. The molecule has 0 amide bonds. The minimum Gasteiger partial charge on any atom is -0.298 e. The molecular formula is C12H13IOS. The maximum Gasteiger partial charge on any atom is 0.150 e. The molecular weight excluding hydrogens is 319 g/mol. The van der Waals surface area contributed by atoms with Crippen molar-refractivity contribution in [2.75, 3.05) is 5.75 Å². The van der Waals surface area contributed by atoms with Crippen molar-refractivity contribution in [1.29, 1.82) is 0 Å². The van der Waals surface area contributed by atoms with Gasteiger partial charge >= 0.3 is 0 Å². The topological polar surface area (TPSA) is 17.1 Å². The van der Waals surface area contributed by atoms with Crippen LogP contribution in [0.25, 0.3) is 0 Å². The van der Waals surface area contributed by atoms with E-state index in [9.17, 15) is 4.79 Å². The molecule has 0 saturated carbocycles. The van der Waals surface area contributed by atoms with Crippen molar-refractivity contribution in [2.45, 2.75) is 24.5 Å². The van der Waals surface area contributed by atoms with Crippen molar-refractivity contribution in [1.82, 2.24) is 0 Å². The Hall–Kier alpha value is -0.0300. The van der Waals surface area contributed by atoms with E-state index in [-0.39, 0.29) is 5.25 Å². The normalized spacial score (nSPS) is 20.5. The second-order valence-corrected chi connectivity index (χ2v) is 6.33. The lowest BCUT2D eigenvalue weighted by atomic mass is 10.1. The average molecular weight is 332 g/mol. The van der Waals surface area contributed by atoms with Gasteiger partial charge in [-0.2, -0.15) is 11.8 Å². The van der Waals surface area contributed by atoms with Gasteiger partial charge in [0, 0.05) is 9.99 Å². The van der Waals surface area contributed by atoms with Crippen molar-refractivity contribution in [3.8, 4) is 0 Å². The quantitative estimate of drug-likeness (QED) is 0.790. The van der Waals surface area contributed by atoms with Crippen LogP contribution in [0.1, 0.15) is 18.4 Å². The van der Waals surface area contributed by atoms with E-state index in [1.54, 1.807) is 0 Å². The number of thioether (sulfide) groups is 1. The summed E-state index contributed by atoms with van der Waals surface area (Å²) in [5.74, 6) is 1.56. The van der Waals surface area contributed by atoms with Crippen LogP contribution in [0, 0.1) is 3.57 Å². The third-order valence-corrected chi connectivity index (χ3v) is 4.72. The van der Waals surface area contributed by atoms with Crippen LogP contribution in [0.15, 0.2) is 24.3 Å². The summed E-state index contributed by atoms with van der Waals surface area (Å²) in [6, 6.07) is 8.23. The number of Topliss-reactive ketones (excluding diaryl/α,β-unsaturated/α-hetero) is 1. The predicted octanol–water partition coefficient (Wildman–Crippen LogP) is 3.30. The monoisotopic (exact) mass is 332 g/mol. The molecule has 0 aliphatic carbocycles. The molecule has 0 spiro atoms. The van der Waals surface area contributed by atoms with Crippen molar-refractivity contribution < 1.29 is 4.79 Å². The standard InChI is InChI=1S/C12H13IOS/c13-10-5-3-9(4-6-10)8-11(14)12-2-1-7-15-12/h3-6,12H,1-2,7-8H2. The highest BCUT2D eigenvalue weighted by molar-refractivity contribution is 14.1. The zero-order valence-electron chi connectivity index (χ0n) is 8.41. The van der Waals surface area contributed by atoms with Gasteiger partial charge < -0.3 is 0 Å². The van der Waals surface area contributed by atoms with E-state index in [1.807, 2.05) is 11.8 Å². The van der Waals surface area contributed by atoms with E-state index >= 15 is 0 Å². The van der Waals surface area contributed by atoms with Crippen molar-refractivity contribution in [3.63, 3.8) is 0 Å². The molecule has 1 atom stereocenters. The first kappa shape index (κ1) is 11.5. The molecule has 1 aromatic carbocycles. The summed E-state index contributed by atoms with van der Waals surface area (Å²) in [4.78, 5) is 11.9. The van der Waals surface area contributed by atoms with Crippen LogP contribution in [0.5, 0.6) is 0 Å². The Bertz CT molecular complexity index is 341. The molecule has 15 heavy (non-hydrogen) atoms. The summed E-state index contributed by atoms with van der Waals surface area (Å²) < 4.78 is 1.22. The second-order valence-electron chi connectivity index (χ2n) is 3.77. The number of benzene rings is 1. The molecule has 1 aliphatic heterocycles. The molecule has 2 rings (SSSR count). The number of hydrogen-bond donors (Lipinski definition) is 0. The fourth-order valence-corrected chi connectivity index (χ4v) is 3.33. The first-order chi connectivity index (χ1) is 7.25. The first-order valence-corrected chi connectivity index (χ1v) is 7.27. The molecule has 1 nitrogen and oxygen atoms in total. The summed E-state index contributed by atoms with van der Waals surface area (Å²) in [7, 11) is 0. The summed E-state index contributed by atoms with van der Waals surface area (Å²) in [5.41, 5.74) is 1.15. The first-order valence-electron chi connectivity index (χ1n) is 5.14. The Balaban J connectivity index is 1.96. The van der Waals surface area contributed by atoms with Crippen molar-refractivity contribution >= 4 is 40.1 Å². The van der Waals surface area contributed by atoms with Gasteiger partial charge in [0.25, 0.3) is 0 Å². The fraction of sp³-hybridized carbons (Fsp3) is 0.417. The Kier molecular flexibility index (Phi) is 4.08. The minimum atomic E-state index is 0.268. The molecule has 1 aliphatic rings. The van der Waals surface area contributed by atoms with Gasteiger partial charge in [-0.3, -0.25) is 4.79 Å². The Morgan fingerprint density at radius 1 is 1.40 bits per heavy atom. The van der Waals surface area contributed by atoms with E-state index in [2.05, 4.69) is 46.9 Å². The molecule has 0 bridgehead atoms. The van der Waals surface area contributed by atoms with Gasteiger partial charge in [-0.25, -0.2) is 0 Å². The molecule has 3 heteroatoms. The number of carbonyl (C=O) groups excluding carboxylic acids is 1. The van der Waals surface area contributed by atoms with Crippen molar-refractivity contribution in [2.24, 2.45) is 0 Å². The number of hydrogen-bond acceptors (Lipinski definition) is 2. The van der Waals surface area contributed by atoms with Crippen LogP contribution in [-0.4, -0.2) is 16.8 Å². The molecule has 0 radical (unpaired) electrons. The van der Waals surface area contributed by atoms with Crippen molar-refractivity contribution in [3.05, 3.63) is 33.4 Å². The minimum absolute atomic E-state index is 0.268. The molecule has 0 aromatic heterocycles. The zero-order chi connectivity index (χ0) is 10.7. The molecule has 0 N–H and O–H groups in total. The summed E-state index contributed by atoms with van der Waals surface area (Å²) in [6.45, 7) is 0. The third kappa shape index (κ3) is 3.21. The highest BCUT2D eigenvalue weighted by Crippen LogP contribution is 2.27. The van der Waals surface area contributed by atoms with Crippen LogP contribution in [0.3, 0.4) is 0 Å². The lowest BCUT2D eigenvalue weighted by molar-refractivity contribution is -0.117. The Labute approximate surface area is 108 Å². The SMILES string of the molecule is O=C(Cc1ccc(I)cc1)C1CCCS1. The summed E-state index contributed by atoms with van der Waals surface area (Å²) in [5, 5.41) is 0.268. The van der Waals surface area contributed by atoms with Gasteiger partial charge in [-0.05, 0) is 58.9 Å². The maximum absolute atomic E-state index is 11.9. The maximum atomic E-state index is 11.9. The van der Waals surface area contributed by atoms with Gasteiger partial charge in [-0.15, -0.1) is 0 Å². The summed E-state index contributed by atoms with van der Waals surface area (Å²) in [6.07, 6.45) is 2.89. The number of rotatable bonds is 3. The Morgan fingerprint density at radius 2 is 2.13 bits per heavy atom. The van der Waals surface area contributed by atoms with Crippen LogP contribution >= 0.6 is 34.4 Å². The van der Waals surface area contributed by atoms with E-state index in [1.165, 1.54) is 9.99 Å². The van der Waals surface area contributed by atoms with E-state index in [4.69, 9.17) is 0 Å². The summed E-state index contributed by atoms with van der Waals surface area (Å²) >= 11 is 4.10. The van der Waals surface area contributed by atoms with Crippen LogP contribution < -0.4 is 0 Å². The number of ketones is 1. The molecule has 1 heterocycles. The van der Waals surface area contributed by atoms with Gasteiger partial charge in [-0.1, -0.05) is 12.1 Å². The van der Waals surface area contributed by atoms with E-state index in [0.29, 0.717) is 12.2 Å². The van der Waals surface area contributed by atoms with E-state index in [0.717, 1.165) is 17.7 Å². The third-order valence-electron chi connectivity index (χ3n) is 2.58. The predicted molar refractivity (Wildman–Crippen MR) is 73.4 cm³/mol. The molecule has 80 valence electrons. The smallest absolute Gasteiger partial charge is 0.150 e. The molecule has 1 fully saturated rings. The van der Waals surface area contributed by atoms with Gasteiger partial charge in [0.1, 0.15) is 5.78 Å². The molecule has 1 saturated heterocycles. The van der Waals surface area contributed by atoms with Crippen LogP contribution in [0.2, 0.25) is 0 Å². The number of halogens is 1. The van der Waals surface area contributed by atoms with Gasteiger partial charge in [0.05, 0.1) is 5.25 Å². The zero-order valence-corrected chi connectivity index (χ0v) is 11.4.